The molecule has 5 nitrogen and oxygen atoms in total. The highest BCUT2D eigenvalue weighted by molar-refractivity contribution is 7.99. The molecule has 1 aromatic heterocycles. The number of carbonyl (C=O) groups is 1. The zero-order chi connectivity index (χ0) is 22.6. The minimum atomic E-state index is -4.65. The normalized spacial score (nSPS) is 11.4. The summed E-state index contributed by atoms with van der Waals surface area (Å²) in [5, 5.41) is 11.5. The van der Waals surface area contributed by atoms with Gasteiger partial charge in [0.2, 0.25) is 5.91 Å². The number of hydrogen-bond acceptors (Lipinski definition) is 4. The predicted octanol–water partition coefficient (Wildman–Crippen LogP) is 6.19. The molecule has 1 N–H and O–H groups in total. The first kappa shape index (κ1) is 23.2. The Bertz CT molecular complexity index is 1100. The van der Waals surface area contributed by atoms with Crippen molar-refractivity contribution in [3.05, 3.63) is 70.7 Å². The highest BCUT2D eigenvalue weighted by Crippen LogP contribution is 2.36. The summed E-state index contributed by atoms with van der Waals surface area (Å²) in [5.74, 6) is -0.244. The summed E-state index contributed by atoms with van der Waals surface area (Å²) >= 11 is 12.6. The molecule has 0 aliphatic carbocycles. The average Bonchev–Trinajstić information content (AvgIpc) is 3.10. The van der Waals surface area contributed by atoms with Crippen LogP contribution in [0.4, 0.5) is 18.9 Å². The number of carbonyl (C=O) groups excluding carboxylic acids is 1. The maximum atomic E-state index is 13.2. The number of amides is 1. The van der Waals surface area contributed by atoms with Crippen molar-refractivity contribution in [2.75, 3.05) is 11.1 Å². The summed E-state index contributed by atoms with van der Waals surface area (Å²) in [6.07, 6.45) is -3.01. The lowest BCUT2D eigenvalue weighted by Crippen LogP contribution is -2.18. The molecular weight excluding hydrogens is 472 g/mol. The van der Waals surface area contributed by atoms with E-state index in [4.69, 9.17) is 23.2 Å². The van der Waals surface area contributed by atoms with Crippen LogP contribution >= 0.6 is 35.0 Å². The Morgan fingerprint density at radius 3 is 2.45 bits per heavy atom. The second kappa shape index (κ2) is 9.76. The lowest BCUT2D eigenvalue weighted by Gasteiger charge is -2.14. The Hall–Kier alpha value is -2.49. The van der Waals surface area contributed by atoms with Crippen molar-refractivity contribution in [2.24, 2.45) is 0 Å². The fourth-order valence-corrected chi connectivity index (χ4v) is 3.72. The molecule has 162 valence electrons. The highest BCUT2D eigenvalue weighted by atomic mass is 35.5. The molecule has 0 spiro atoms. The van der Waals surface area contributed by atoms with Crippen LogP contribution in [0.2, 0.25) is 10.0 Å². The number of alkyl halides is 3. The van der Waals surface area contributed by atoms with Crippen LogP contribution in [0.25, 0.3) is 11.4 Å². The van der Waals surface area contributed by atoms with Gasteiger partial charge in [-0.15, -0.1) is 16.8 Å². The van der Waals surface area contributed by atoms with Crippen LogP contribution in [0, 0.1) is 0 Å². The van der Waals surface area contributed by atoms with Gasteiger partial charge < -0.3 is 5.32 Å². The minimum Gasteiger partial charge on any atom is -0.325 e. The standard InChI is InChI=1S/C20H15Cl2F3N4OS/c1-2-9-29-18(12-3-5-13(21)6-4-12)27-28-19(29)31-11-17(30)26-16-8-7-14(22)10-15(16)20(23,24)25/h2-8,10H,1,9,11H2,(H,26,30). The van der Waals surface area contributed by atoms with Gasteiger partial charge in [-0.3, -0.25) is 9.36 Å². The lowest BCUT2D eigenvalue weighted by atomic mass is 10.1. The SMILES string of the molecule is C=CCn1c(SCC(=O)Nc2ccc(Cl)cc2C(F)(F)F)nnc1-c1ccc(Cl)cc1. The maximum Gasteiger partial charge on any atom is 0.418 e. The summed E-state index contributed by atoms with van der Waals surface area (Å²) in [7, 11) is 0. The molecule has 2 aromatic carbocycles. The van der Waals surface area contributed by atoms with E-state index < -0.39 is 17.6 Å². The second-order valence-corrected chi connectivity index (χ2v) is 8.05. The highest BCUT2D eigenvalue weighted by Gasteiger charge is 2.34. The molecule has 0 saturated carbocycles. The zero-order valence-electron chi connectivity index (χ0n) is 15.8. The second-order valence-electron chi connectivity index (χ2n) is 6.24. The number of nitrogens with one attached hydrogen (secondary N) is 1. The van der Waals surface area contributed by atoms with Crippen LogP contribution in [-0.4, -0.2) is 26.4 Å². The first-order valence-electron chi connectivity index (χ1n) is 8.78. The topological polar surface area (TPSA) is 59.8 Å². The first-order valence-corrected chi connectivity index (χ1v) is 10.5. The van der Waals surface area contributed by atoms with Gasteiger partial charge in [0.15, 0.2) is 11.0 Å². The Balaban J connectivity index is 1.75. The van der Waals surface area contributed by atoms with E-state index in [-0.39, 0.29) is 16.5 Å². The molecule has 0 fully saturated rings. The number of anilines is 1. The molecule has 0 aliphatic rings. The Labute approximate surface area is 190 Å². The number of rotatable bonds is 7. The van der Waals surface area contributed by atoms with Crippen LogP contribution in [0.3, 0.4) is 0 Å². The van der Waals surface area contributed by atoms with Gasteiger partial charge in [-0.1, -0.05) is 41.0 Å². The van der Waals surface area contributed by atoms with E-state index in [0.717, 1.165) is 29.5 Å². The molecule has 3 rings (SSSR count). The molecule has 0 aliphatic heterocycles. The van der Waals surface area contributed by atoms with Crippen LogP contribution in [0.15, 0.2) is 60.3 Å². The molecule has 0 atom stereocenters. The molecule has 3 aromatic rings. The van der Waals surface area contributed by atoms with Crippen LogP contribution < -0.4 is 5.32 Å². The molecule has 1 amide bonds. The van der Waals surface area contributed by atoms with Crippen LogP contribution in [0.1, 0.15) is 5.56 Å². The van der Waals surface area contributed by atoms with Gasteiger partial charge in [-0.25, -0.2) is 0 Å². The largest absolute Gasteiger partial charge is 0.418 e. The summed E-state index contributed by atoms with van der Waals surface area (Å²) in [4.78, 5) is 12.3. The fraction of sp³-hybridized carbons (Fsp3) is 0.150. The Morgan fingerprint density at radius 1 is 1.13 bits per heavy atom. The zero-order valence-corrected chi connectivity index (χ0v) is 18.1. The van der Waals surface area contributed by atoms with E-state index in [1.54, 1.807) is 34.9 Å². The predicted molar refractivity (Wildman–Crippen MR) is 116 cm³/mol. The number of hydrogen-bond donors (Lipinski definition) is 1. The molecule has 11 heteroatoms. The van der Waals surface area contributed by atoms with E-state index in [2.05, 4.69) is 22.1 Å². The average molecular weight is 487 g/mol. The smallest absolute Gasteiger partial charge is 0.325 e. The number of allylic oxidation sites excluding steroid dienone is 1. The molecule has 1 heterocycles. The van der Waals surface area contributed by atoms with Crippen molar-refractivity contribution < 1.29 is 18.0 Å². The molecular formula is C20H15Cl2F3N4OS. The first-order chi connectivity index (χ1) is 14.7. The third-order valence-electron chi connectivity index (χ3n) is 4.02. The van der Waals surface area contributed by atoms with Gasteiger partial charge in [-0.2, -0.15) is 13.2 Å². The number of benzene rings is 2. The lowest BCUT2D eigenvalue weighted by molar-refractivity contribution is -0.137. The van der Waals surface area contributed by atoms with Gasteiger partial charge in [0, 0.05) is 22.2 Å². The van der Waals surface area contributed by atoms with Crippen LogP contribution in [-0.2, 0) is 17.5 Å². The van der Waals surface area contributed by atoms with Gasteiger partial charge in [0.25, 0.3) is 0 Å². The quantitative estimate of drug-likeness (QED) is 0.319. The summed E-state index contributed by atoms with van der Waals surface area (Å²) in [6.45, 7) is 4.09. The van der Waals surface area contributed by atoms with Gasteiger partial charge in [0.05, 0.1) is 17.0 Å². The van der Waals surface area contributed by atoms with Gasteiger partial charge in [0.1, 0.15) is 0 Å². The van der Waals surface area contributed by atoms with Gasteiger partial charge >= 0.3 is 6.18 Å². The van der Waals surface area contributed by atoms with Crippen molar-refractivity contribution in [2.45, 2.75) is 17.9 Å². The van der Waals surface area contributed by atoms with E-state index in [1.807, 2.05) is 0 Å². The van der Waals surface area contributed by atoms with Crippen LogP contribution in [0.5, 0.6) is 0 Å². The third kappa shape index (κ3) is 5.81. The molecule has 31 heavy (non-hydrogen) atoms. The fourth-order valence-electron chi connectivity index (χ4n) is 2.68. The summed E-state index contributed by atoms with van der Waals surface area (Å²) in [5.41, 5.74) is -0.610. The van der Waals surface area contributed by atoms with E-state index >= 15 is 0 Å². The Kier molecular flexibility index (Phi) is 7.30. The number of aromatic nitrogens is 3. The molecule has 0 saturated heterocycles. The van der Waals surface area contributed by atoms with Crippen molar-refractivity contribution in [3.63, 3.8) is 0 Å². The molecule has 0 unspecified atom stereocenters. The van der Waals surface area contributed by atoms with Crippen molar-refractivity contribution in [1.29, 1.82) is 0 Å². The monoisotopic (exact) mass is 486 g/mol. The molecule has 0 bridgehead atoms. The van der Waals surface area contributed by atoms with Crippen molar-refractivity contribution >= 4 is 46.6 Å². The number of thioether (sulfide) groups is 1. The van der Waals surface area contributed by atoms with Gasteiger partial charge in [-0.05, 0) is 42.5 Å². The summed E-state index contributed by atoms with van der Waals surface area (Å²) < 4.78 is 41.4. The van der Waals surface area contributed by atoms with Crippen molar-refractivity contribution in [3.8, 4) is 11.4 Å². The van der Waals surface area contributed by atoms with E-state index in [9.17, 15) is 18.0 Å². The maximum absolute atomic E-state index is 13.2. The number of halogens is 5. The third-order valence-corrected chi connectivity index (χ3v) is 5.48. The summed E-state index contributed by atoms with van der Waals surface area (Å²) in [6, 6.07) is 10.2. The van der Waals surface area contributed by atoms with E-state index in [1.165, 1.54) is 6.07 Å². The number of nitrogens with zero attached hydrogens (tertiary/aromatic N) is 3. The van der Waals surface area contributed by atoms with E-state index in [0.29, 0.717) is 22.5 Å². The molecule has 0 radical (unpaired) electrons. The van der Waals surface area contributed by atoms with Crippen molar-refractivity contribution in [1.82, 2.24) is 14.8 Å². The Morgan fingerprint density at radius 2 is 1.81 bits per heavy atom. The minimum absolute atomic E-state index is 0.0769.